The molecule has 2 bridgehead atoms. The van der Waals surface area contributed by atoms with Gasteiger partial charge in [-0.05, 0) is 109 Å². The Morgan fingerprint density at radius 1 is 0.944 bits per heavy atom. The maximum atomic E-state index is 13.2. The van der Waals surface area contributed by atoms with Crippen molar-refractivity contribution in [1.82, 2.24) is 5.01 Å². The number of allylic oxidation sites excluding steroid dienone is 2. The number of ether oxygens (including phenoxy) is 1. The highest BCUT2D eigenvalue weighted by Gasteiger charge is 2.73. The van der Waals surface area contributed by atoms with Crippen LogP contribution in [0.2, 0.25) is 0 Å². The molecule has 1 aliphatic heterocycles. The summed E-state index contributed by atoms with van der Waals surface area (Å²) in [5, 5.41) is 7.89. The van der Waals surface area contributed by atoms with Crippen LogP contribution in [-0.4, -0.2) is 23.0 Å². The highest BCUT2D eigenvalue weighted by Crippen LogP contribution is 2.73. The fraction of sp³-hybridized carbons (Fsp3) is 0.276. The number of nitrogens with zero attached hydrogens (tertiary/aromatic N) is 2. The van der Waals surface area contributed by atoms with Crippen LogP contribution in [0.15, 0.2) is 71.9 Å². The Morgan fingerprint density at radius 3 is 2.25 bits per heavy atom. The number of carbonyl (C=O) groups is 2. The molecule has 7 rings (SSSR count). The van der Waals surface area contributed by atoms with Gasteiger partial charge in [-0.25, -0.2) is 0 Å². The molecule has 0 unspecified atom stereocenters. The molecule has 2 amide bonds. The summed E-state index contributed by atoms with van der Waals surface area (Å²) in [7, 11) is 0. The molecule has 4 aliphatic rings. The summed E-state index contributed by atoms with van der Waals surface area (Å²) in [6.45, 7) is 0.470. The third-order valence-corrected chi connectivity index (χ3v) is 10.0. The molecule has 4 atom stereocenters. The fourth-order valence-corrected chi connectivity index (χ4v) is 8.79. The lowest BCUT2D eigenvalue weighted by molar-refractivity contribution is -0.141. The van der Waals surface area contributed by atoms with E-state index in [4.69, 9.17) is 4.74 Å². The highest BCUT2D eigenvalue weighted by molar-refractivity contribution is 14.1. The molecule has 1 saturated heterocycles. The minimum absolute atomic E-state index is 0.135. The SMILES string of the molecule is O=C1[C@@H]2[C@@H](C(=O)N1/N=C\c1cc(I)c(OCc3cccc4ccccc34)c(I)c1)[C@H]1C=C[C@H]2C12CC2. The molecule has 3 fully saturated rings. The van der Waals surface area contributed by atoms with Gasteiger partial charge in [0.2, 0.25) is 0 Å². The molecule has 0 N–H and O–H groups in total. The van der Waals surface area contributed by atoms with Crippen LogP contribution in [-0.2, 0) is 16.2 Å². The second kappa shape index (κ2) is 8.37. The number of imide groups is 1. The standard InChI is InChI=1S/C29H22I2N2O3/c30-22-12-16(13-23(31)26(22)36-15-18-6-3-5-17-4-1-2-7-19(17)18)14-32-33-27(34)24-20-8-9-21(25(24)28(33)35)29(20)10-11-29/h1-9,12-14,20-21,24-25H,10-11,15H2/b32-14-/t20-,21-,24+,25+/m1/s1. The van der Waals surface area contributed by atoms with E-state index in [1.165, 1.54) is 10.8 Å². The molecule has 7 heteroatoms. The van der Waals surface area contributed by atoms with E-state index >= 15 is 0 Å². The van der Waals surface area contributed by atoms with Gasteiger partial charge in [0.05, 0.1) is 25.2 Å². The Labute approximate surface area is 236 Å². The molecule has 2 saturated carbocycles. The van der Waals surface area contributed by atoms with E-state index in [1.54, 1.807) is 6.21 Å². The zero-order chi connectivity index (χ0) is 24.6. The second-order valence-electron chi connectivity index (χ2n) is 10.2. The van der Waals surface area contributed by atoms with Gasteiger partial charge in [0.15, 0.2) is 0 Å². The van der Waals surface area contributed by atoms with Crippen LogP contribution in [0, 0.1) is 36.2 Å². The van der Waals surface area contributed by atoms with E-state index in [9.17, 15) is 9.59 Å². The first-order valence-electron chi connectivity index (χ1n) is 12.2. The summed E-state index contributed by atoms with van der Waals surface area (Å²) in [5.41, 5.74) is 2.17. The van der Waals surface area contributed by atoms with E-state index in [1.807, 2.05) is 24.3 Å². The molecule has 180 valence electrons. The normalized spacial score (nSPS) is 27.1. The Morgan fingerprint density at radius 2 is 1.58 bits per heavy atom. The first kappa shape index (κ1) is 22.9. The number of hydrazone groups is 1. The number of fused-ring (bicyclic) bond motifs is 4. The van der Waals surface area contributed by atoms with Gasteiger partial charge in [-0.15, -0.1) is 0 Å². The molecule has 3 aromatic rings. The lowest BCUT2D eigenvalue weighted by Gasteiger charge is -2.18. The van der Waals surface area contributed by atoms with Crippen molar-refractivity contribution in [2.24, 2.45) is 34.2 Å². The third-order valence-electron chi connectivity index (χ3n) is 8.42. The van der Waals surface area contributed by atoms with Gasteiger partial charge >= 0.3 is 0 Å². The number of amides is 2. The first-order chi connectivity index (χ1) is 17.5. The van der Waals surface area contributed by atoms with Crippen LogP contribution < -0.4 is 4.74 Å². The van der Waals surface area contributed by atoms with Crippen molar-refractivity contribution in [3.05, 3.63) is 85.0 Å². The molecule has 1 heterocycles. The van der Waals surface area contributed by atoms with Gasteiger partial charge in [-0.1, -0.05) is 54.6 Å². The Balaban J connectivity index is 1.09. The lowest BCUT2D eigenvalue weighted by atomic mass is 9.85. The van der Waals surface area contributed by atoms with Crippen molar-refractivity contribution >= 4 is 74.0 Å². The quantitative estimate of drug-likeness (QED) is 0.139. The minimum atomic E-state index is -0.225. The summed E-state index contributed by atoms with van der Waals surface area (Å²) in [4.78, 5) is 26.3. The topological polar surface area (TPSA) is 59.0 Å². The van der Waals surface area contributed by atoms with Crippen LogP contribution in [0.1, 0.15) is 24.0 Å². The molecular weight excluding hydrogens is 678 g/mol. The zero-order valence-corrected chi connectivity index (χ0v) is 23.5. The van der Waals surface area contributed by atoms with Gasteiger partial charge < -0.3 is 4.74 Å². The summed E-state index contributed by atoms with van der Waals surface area (Å²) in [5.74, 6) is 0.525. The van der Waals surface area contributed by atoms with Crippen LogP contribution in [0.25, 0.3) is 10.8 Å². The third kappa shape index (κ3) is 3.34. The van der Waals surface area contributed by atoms with Gasteiger partial charge in [-0.3, -0.25) is 9.59 Å². The summed E-state index contributed by atoms with van der Waals surface area (Å²) >= 11 is 4.53. The number of rotatable bonds is 5. The largest absolute Gasteiger partial charge is 0.487 e. The number of carbonyl (C=O) groups excluding carboxylic acids is 2. The van der Waals surface area contributed by atoms with Crippen molar-refractivity contribution in [1.29, 1.82) is 0 Å². The number of benzene rings is 3. The fourth-order valence-electron chi connectivity index (χ4n) is 6.66. The Hall–Kier alpha value is -2.27. The average Bonchev–Trinajstić information content (AvgIpc) is 3.47. The molecule has 0 aromatic heterocycles. The number of halogens is 2. The van der Waals surface area contributed by atoms with Crippen molar-refractivity contribution in [3.8, 4) is 5.75 Å². The van der Waals surface area contributed by atoms with Gasteiger partial charge in [0, 0.05) is 0 Å². The maximum Gasteiger partial charge on any atom is 0.254 e. The maximum absolute atomic E-state index is 13.2. The first-order valence-corrected chi connectivity index (χ1v) is 14.3. The monoisotopic (exact) mass is 700 g/mol. The van der Waals surface area contributed by atoms with Crippen LogP contribution in [0.4, 0.5) is 0 Å². The Bertz CT molecular complexity index is 1450. The molecular formula is C29H22I2N2O3. The smallest absolute Gasteiger partial charge is 0.254 e. The zero-order valence-electron chi connectivity index (χ0n) is 19.2. The summed E-state index contributed by atoms with van der Waals surface area (Å²) in [6, 6.07) is 18.5. The van der Waals surface area contributed by atoms with Crippen LogP contribution >= 0.6 is 45.2 Å². The van der Waals surface area contributed by atoms with Gasteiger partial charge in [-0.2, -0.15) is 10.1 Å². The van der Waals surface area contributed by atoms with E-state index in [2.05, 4.69) is 92.8 Å². The predicted molar refractivity (Wildman–Crippen MR) is 154 cm³/mol. The molecule has 3 aromatic carbocycles. The van der Waals surface area contributed by atoms with E-state index in [0.717, 1.165) is 41.9 Å². The molecule has 5 nitrogen and oxygen atoms in total. The highest BCUT2D eigenvalue weighted by atomic mass is 127. The summed E-state index contributed by atoms with van der Waals surface area (Å²) < 4.78 is 8.16. The van der Waals surface area contributed by atoms with Crippen molar-refractivity contribution < 1.29 is 14.3 Å². The average molecular weight is 700 g/mol. The molecule has 3 aliphatic carbocycles. The van der Waals surface area contributed by atoms with Crippen molar-refractivity contribution in [2.75, 3.05) is 0 Å². The minimum Gasteiger partial charge on any atom is -0.487 e. The van der Waals surface area contributed by atoms with Crippen LogP contribution in [0.5, 0.6) is 5.75 Å². The van der Waals surface area contributed by atoms with Crippen molar-refractivity contribution in [3.63, 3.8) is 0 Å². The van der Waals surface area contributed by atoms with E-state index in [-0.39, 0.29) is 40.9 Å². The second-order valence-corrected chi connectivity index (χ2v) is 12.5. The van der Waals surface area contributed by atoms with Crippen molar-refractivity contribution in [2.45, 2.75) is 19.4 Å². The molecule has 36 heavy (non-hydrogen) atoms. The Kier molecular flexibility index (Phi) is 5.32. The number of hydrogen-bond acceptors (Lipinski definition) is 4. The van der Waals surface area contributed by atoms with E-state index < -0.39 is 0 Å². The van der Waals surface area contributed by atoms with E-state index in [0.29, 0.717) is 6.61 Å². The molecule has 1 spiro atoms. The lowest BCUT2D eigenvalue weighted by Crippen LogP contribution is -2.30. The van der Waals surface area contributed by atoms with Gasteiger partial charge in [0.1, 0.15) is 12.4 Å². The predicted octanol–water partition coefficient (Wildman–Crippen LogP) is 6.16. The molecule has 0 radical (unpaired) electrons. The van der Waals surface area contributed by atoms with Gasteiger partial charge in [0.25, 0.3) is 11.8 Å². The number of hydrogen-bond donors (Lipinski definition) is 0. The van der Waals surface area contributed by atoms with Crippen LogP contribution in [0.3, 0.4) is 0 Å². The summed E-state index contributed by atoms with van der Waals surface area (Å²) in [6.07, 6.45) is 8.26.